The number of hydrogen-bond donors (Lipinski definition) is 1. The third-order valence-electron chi connectivity index (χ3n) is 5.80. The number of carbonyl (C=O) groups is 3. The van der Waals surface area contributed by atoms with Crippen LogP contribution in [0.15, 0.2) is 60.7 Å². The van der Waals surface area contributed by atoms with E-state index in [9.17, 15) is 14.4 Å². The molecule has 0 radical (unpaired) electrons. The normalized spacial score (nSPS) is 19.2. The van der Waals surface area contributed by atoms with Crippen molar-refractivity contribution >= 4 is 17.8 Å². The largest absolute Gasteiger partial charge is 0.494 e. The lowest BCUT2D eigenvalue weighted by Gasteiger charge is -2.24. The minimum Gasteiger partial charge on any atom is -0.494 e. The summed E-state index contributed by atoms with van der Waals surface area (Å²) in [6, 6.07) is 17.4. The van der Waals surface area contributed by atoms with Crippen molar-refractivity contribution in [1.29, 1.82) is 0 Å². The molecular formula is C27H34FN3O5. The standard InChI is InChI=1S/C27H34FN3O5/c1-30(2)19-27(28)16-23(26(34)36-18-21-10-5-3-6-11-21)31(20-27)25(33)17-29-24(32)14-9-15-35-22-12-7-4-8-13-22/h3-8,10-13,23H,9,14-20H2,1-2H3,(H,29,32)/t23-,27?/m0/s1. The summed E-state index contributed by atoms with van der Waals surface area (Å²) in [6.45, 7) is -0.101. The van der Waals surface area contributed by atoms with Gasteiger partial charge in [0.1, 0.15) is 24.1 Å². The second kappa shape index (κ2) is 13.0. The van der Waals surface area contributed by atoms with Gasteiger partial charge in [-0.1, -0.05) is 48.5 Å². The van der Waals surface area contributed by atoms with E-state index in [4.69, 9.17) is 9.47 Å². The highest BCUT2D eigenvalue weighted by atomic mass is 19.1. The Labute approximate surface area is 211 Å². The molecule has 1 unspecified atom stereocenters. The van der Waals surface area contributed by atoms with Crippen molar-refractivity contribution in [2.24, 2.45) is 0 Å². The number of hydrogen-bond acceptors (Lipinski definition) is 6. The van der Waals surface area contributed by atoms with Crippen molar-refractivity contribution in [3.8, 4) is 5.75 Å². The van der Waals surface area contributed by atoms with Crippen LogP contribution in [0.3, 0.4) is 0 Å². The van der Waals surface area contributed by atoms with Gasteiger partial charge in [-0.15, -0.1) is 0 Å². The molecule has 0 aliphatic carbocycles. The lowest BCUT2D eigenvalue weighted by Crippen LogP contribution is -2.47. The third kappa shape index (κ3) is 8.34. The van der Waals surface area contributed by atoms with Gasteiger partial charge in [-0.05, 0) is 38.2 Å². The average Bonchev–Trinajstić information content (AvgIpc) is 3.21. The van der Waals surface area contributed by atoms with Crippen molar-refractivity contribution in [1.82, 2.24) is 15.1 Å². The van der Waals surface area contributed by atoms with Crippen LogP contribution in [-0.2, 0) is 25.7 Å². The zero-order chi connectivity index (χ0) is 26.0. The number of nitrogens with one attached hydrogen (secondary N) is 1. The monoisotopic (exact) mass is 499 g/mol. The Morgan fingerprint density at radius 1 is 1.08 bits per heavy atom. The van der Waals surface area contributed by atoms with Crippen LogP contribution in [0.4, 0.5) is 4.39 Å². The van der Waals surface area contributed by atoms with Gasteiger partial charge in [0.05, 0.1) is 19.7 Å². The molecule has 194 valence electrons. The Bertz CT molecular complexity index is 1000. The summed E-state index contributed by atoms with van der Waals surface area (Å²) in [5.74, 6) is -0.777. The first kappa shape index (κ1) is 27.1. The first-order valence-electron chi connectivity index (χ1n) is 12.0. The quantitative estimate of drug-likeness (QED) is 0.357. The Morgan fingerprint density at radius 3 is 2.42 bits per heavy atom. The van der Waals surface area contributed by atoms with E-state index >= 15 is 4.39 Å². The molecule has 9 heteroatoms. The Kier molecular flexibility index (Phi) is 9.81. The van der Waals surface area contributed by atoms with Gasteiger partial charge >= 0.3 is 5.97 Å². The molecule has 2 atom stereocenters. The molecule has 2 aromatic rings. The molecular weight excluding hydrogens is 465 g/mol. The van der Waals surface area contributed by atoms with Gasteiger partial charge in [0.25, 0.3) is 0 Å². The Hall–Kier alpha value is -3.46. The van der Waals surface area contributed by atoms with E-state index in [1.165, 1.54) is 4.90 Å². The molecule has 0 bridgehead atoms. The van der Waals surface area contributed by atoms with Gasteiger partial charge in [-0.2, -0.15) is 0 Å². The van der Waals surface area contributed by atoms with Crippen LogP contribution in [0.2, 0.25) is 0 Å². The van der Waals surface area contributed by atoms with E-state index < -0.39 is 23.6 Å². The summed E-state index contributed by atoms with van der Waals surface area (Å²) in [6.07, 6.45) is 0.495. The fourth-order valence-corrected chi connectivity index (χ4v) is 4.22. The topological polar surface area (TPSA) is 88.2 Å². The second-order valence-corrected chi connectivity index (χ2v) is 9.27. The molecule has 1 N–H and O–H groups in total. The molecule has 2 amide bonds. The van der Waals surface area contributed by atoms with E-state index in [2.05, 4.69) is 5.32 Å². The molecule has 1 heterocycles. The maximum Gasteiger partial charge on any atom is 0.329 e. The minimum atomic E-state index is -1.76. The van der Waals surface area contributed by atoms with Crippen LogP contribution in [0.25, 0.3) is 0 Å². The summed E-state index contributed by atoms with van der Waals surface area (Å²) in [5, 5.41) is 2.57. The third-order valence-corrected chi connectivity index (χ3v) is 5.80. The number of benzene rings is 2. The zero-order valence-corrected chi connectivity index (χ0v) is 20.8. The maximum atomic E-state index is 15.5. The smallest absolute Gasteiger partial charge is 0.329 e. The maximum absolute atomic E-state index is 15.5. The highest BCUT2D eigenvalue weighted by Crippen LogP contribution is 2.32. The molecule has 1 aliphatic heterocycles. The number of nitrogens with zero attached hydrogens (tertiary/aromatic N) is 2. The number of ether oxygens (including phenoxy) is 2. The molecule has 1 fully saturated rings. The fraction of sp³-hybridized carbons (Fsp3) is 0.444. The van der Waals surface area contributed by atoms with Gasteiger partial charge in [0, 0.05) is 19.4 Å². The fourth-order valence-electron chi connectivity index (χ4n) is 4.22. The van der Waals surface area contributed by atoms with Crippen LogP contribution >= 0.6 is 0 Å². The first-order chi connectivity index (χ1) is 17.3. The van der Waals surface area contributed by atoms with Crippen LogP contribution in [-0.4, -0.2) is 79.6 Å². The van der Waals surface area contributed by atoms with E-state index in [0.717, 1.165) is 11.3 Å². The van der Waals surface area contributed by atoms with Crippen molar-refractivity contribution in [3.63, 3.8) is 0 Å². The molecule has 3 rings (SSSR count). The molecule has 1 saturated heterocycles. The number of carbonyl (C=O) groups excluding carboxylic acids is 3. The molecule has 0 aromatic heterocycles. The number of rotatable bonds is 12. The summed E-state index contributed by atoms with van der Waals surface area (Å²) < 4.78 is 26.5. The molecule has 1 aliphatic rings. The van der Waals surface area contributed by atoms with Gasteiger partial charge in [0.2, 0.25) is 11.8 Å². The van der Waals surface area contributed by atoms with Gasteiger partial charge < -0.3 is 24.6 Å². The lowest BCUT2D eigenvalue weighted by atomic mass is 10.0. The number of alkyl halides is 1. The number of likely N-dealkylation sites (tertiary alicyclic amines) is 1. The molecule has 0 spiro atoms. The lowest BCUT2D eigenvalue weighted by molar-refractivity contribution is -0.154. The summed E-state index contributed by atoms with van der Waals surface area (Å²) in [7, 11) is 3.46. The molecule has 0 saturated carbocycles. The van der Waals surface area contributed by atoms with Gasteiger partial charge in [-0.3, -0.25) is 9.59 Å². The summed E-state index contributed by atoms with van der Waals surface area (Å²) >= 11 is 0. The zero-order valence-electron chi connectivity index (χ0n) is 20.8. The SMILES string of the molecule is CN(C)CC1(F)C[C@@H](C(=O)OCc2ccccc2)N(C(=O)CNC(=O)CCCOc2ccccc2)C1. The second-order valence-electron chi connectivity index (χ2n) is 9.27. The predicted octanol–water partition coefficient (Wildman–Crippen LogP) is 2.58. The highest BCUT2D eigenvalue weighted by molar-refractivity contribution is 5.89. The van der Waals surface area contributed by atoms with Crippen LogP contribution in [0.1, 0.15) is 24.8 Å². The number of amides is 2. The van der Waals surface area contributed by atoms with Crippen molar-refractivity contribution in [3.05, 3.63) is 66.2 Å². The predicted molar refractivity (Wildman–Crippen MR) is 133 cm³/mol. The van der Waals surface area contributed by atoms with E-state index in [-0.39, 0.29) is 45.0 Å². The molecule has 36 heavy (non-hydrogen) atoms. The number of halogens is 1. The Morgan fingerprint density at radius 2 is 1.75 bits per heavy atom. The van der Waals surface area contributed by atoms with Crippen molar-refractivity contribution < 1.29 is 28.2 Å². The Balaban J connectivity index is 1.51. The van der Waals surface area contributed by atoms with E-state index in [1.54, 1.807) is 19.0 Å². The van der Waals surface area contributed by atoms with E-state index in [0.29, 0.717) is 13.0 Å². The summed E-state index contributed by atoms with van der Waals surface area (Å²) in [4.78, 5) is 40.8. The summed E-state index contributed by atoms with van der Waals surface area (Å²) in [5.41, 5.74) is -0.959. The molecule has 2 aromatic carbocycles. The number of esters is 1. The minimum absolute atomic E-state index is 0.0347. The average molecular weight is 500 g/mol. The van der Waals surface area contributed by atoms with Crippen LogP contribution in [0.5, 0.6) is 5.75 Å². The molecule has 8 nitrogen and oxygen atoms in total. The van der Waals surface area contributed by atoms with Gasteiger partial charge in [-0.25, -0.2) is 9.18 Å². The van der Waals surface area contributed by atoms with Crippen LogP contribution < -0.4 is 10.1 Å². The van der Waals surface area contributed by atoms with Crippen LogP contribution in [0, 0.1) is 0 Å². The van der Waals surface area contributed by atoms with Crippen molar-refractivity contribution in [2.75, 3.05) is 40.3 Å². The van der Waals surface area contributed by atoms with Crippen molar-refractivity contribution in [2.45, 2.75) is 37.6 Å². The first-order valence-corrected chi connectivity index (χ1v) is 12.0. The van der Waals surface area contributed by atoms with E-state index in [1.807, 2.05) is 60.7 Å². The number of para-hydroxylation sites is 1. The van der Waals surface area contributed by atoms with Gasteiger partial charge in [0.15, 0.2) is 0 Å². The highest BCUT2D eigenvalue weighted by Gasteiger charge is 2.50.